The first kappa shape index (κ1) is 12.5. The van der Waals surface area contributed by atoms with Crippen LogP contribution in [0.2, 0.25) is 0 Å². The molecule has 7 nitrogen and oxygen atoms in total. The van der Waals surface area contributed by atoms with E-state index < -0.39 is 6.10 Å². The zero-order chi connectivity index (χ0) is 13.9. The maximum atomic E-state index is 9.47. The summed E-state index contributed by atoms with van der Waals surface area (Å²) in [7, 11) is 0. The lowest BCUT2D eigenvalue weighted by Crippen LogP contribution is -2.09. The molecule has 0 amide bonds. The average molecular weight is 270 g/mol. The predicted molar refractivity (Wildman–Crippen MR) is 71.1 cm³/mol. The molecule has 3 aromatic rings. The smallest absolute Gasteiger partial charge is 0.178 e. The number of nitrogens with zero attached hydrogens (tertiary/aromatic N) is 6. The molecule has 0 bridgehead atoms. The number of aliphatic hydroxyl groups excluding tert-OH is 1. The Morgan fingerprint density at radius 1 is 1.20 bits per heavy atom. The van der Waals surface area contributed by atoms with Crippen LogP contribution in [-0.2, 0) is 6.54 Å². The predicted octanol–water partition coefficient (Wildman–Crippen LogP) is 0.960. The number of tetrazole rings is 1. The van der Waals surface area contributed by atoms with Crippen LogP contribution in [0.5, 0.6) is 0 Å². The highest BCUT2D eigenvalue weighted by atomic mass is 16.3. The van der Waals surface area contributed by atoms with Crippen LogP contribution in [0.1, 0.15) is 24.5 Å². The van der Waals surface area contributed by atoms with E-state index in [-0.39, 0.29) is 0 Å². The second-order valence-electron chi connectivity index (χ2n) is 4.46. The molecule has 0 fully saturated rings. The number of aromatic nitrogens is 6. The molecule has 0 aliphatic heterocycles. The summed E-state index contributed by atoms with van der Waals surface area (Å²) < 4.78 is 3.37. The van der Waals surface area contributed by atoms with Gasteiger partial charge in [0.25, 0.3) is 0 Å². The minimum atomic E-state index is -0.582. The van der Waals surface area contributed by atoms with Gasteiger partial charge in [-0.1, -0.05) is 18.2 Å². The Balaban J connectivity index is 1.87. The summed E-state index contributed by atoms with van der Waals surface area (Å²) in [4.78, 5) is 0. The van der Waals surface area contributed by atoms with Gasteiger partial charge < -0.3 is 5.11 Å². The van der Waals surface area contributed by atoms with Gasteiger partial charge in [-0.3, -0.25) is 4.68 Å². The van der Waals surface area contributed by atoms with Crippen molar-refractivity contribution in [1.82, 2.24) is 30.0 Å². The third-order valence-electron chi connectivity index (χ3n) is 2.93. The fraction of sp³-hybridized carbons (Fsp3) is 0.231. The maximum Gasteiger partial charge on any atom is 0.178 e. The molecular formula is C13H14N6O. The molecule has 2 aromatic heterocycles. The van der Waals surface area contributed by atoms with Gasteiger partial charge in [-0.15, -0.1) is 5.10 Å². The van der Waals surface area contributed by atoms with Gasteiger partial charge in [0.05, 0.1) is 17.5 Å². The third-order valence-corrected chi connectivity index (χ3v) is 2.93. The van der Waals surface area contributed by atoms with Crippen molar-refractivity contribution in [3.8, 4) is 5.69 Å². The van der Waals surface area contributed by atoms with Crippen molar-refractivity contribution < 1.29 is 5.11 Å². The van der Waals surface area contributed by atoms with Gasteiger partial charge in [-0.2, -0.15) is 9.78 Å². The lowest BCUT2D eigenvalue weighted by molar-refractivity contribution is 0.193. The number of hydrogen-bond donors (Lipinski definition) is 1. The van der Waals surface area contributed by atoms with Crippen LogP contribution in [0, 0.1) is 0 Å². The molecule has 0 radical (unpaired) electrons. The average Bonchev–Trinajstić information content (AvgIpc) is 3.09. The molecular weight excluding hydrogens is 256 g/mol. The van der Waals surface area contributed by atoms with E-state index >= 15 is 0 Å². The van der Waals surface area contributed by atoms with Crippen molar-refractivity contribution in [3.63, 3.8) is 0 Å². The Kier molecular flexibility index (Phi) is 3.26. The van der Waals surface area contributed by atoms with Crippen LogP contribution < -0.4 is 0 Å². The Morgan fingerprint density at radius 3 is 2.70 bits per heavy atom. The first-order valence-electron chi connectivity index (χ1n) is 6.28. The van der Waals surface area contributed by atoms with Gasteiger partial charge in [-0.25, -0.2) is 0 Å². The Labute approximate surface area is 115 Å². The summed E-state index contributed by atoms with van der Waals surface area (Å²) in [6.45, 7) is 2.12. The zero-order valence-electron chi connectivity index (χ0n) is 11.0. The van der Waals surface area contributed by atoms with E-state index in [1.165, 1.54) is 0 Å². The van der Waals surface area contributed by atoms with E-state index in [2.05, 4.69) is 20.6 Å². The highest BCUT2D eigenvalue weighted by Crippen LogP contribution is 2.10. The molecule has 0 saturated carbocycles. The number of aliphatic hydroxyl groups is 1. The number of para-hydroxylation sites is 1. The molecule has 0 spiro atoms. The van der Waals surface area contributed by atoms with Gasteiger partial charge in [0, 0.05) is 6.20 Å². The minimum absolute atomic E-state index is 0.439. The summed E-state index contributed by atoms with van der Waals surface area (Å²) in [5.41, 5.74) is 1.53. The molecule has 2 heterocycles. The van der Waals surface area contributed by atoms with Gasteiger partial charge in [0.1, 0.15) is 6.54 Å². The van der Waals surface area contributed by atoms with Gasteiger partial charge >= 0.3 is 0 Å². The number of benzene rings is 1. The van der Waals surface area contributed by atoms with Crippen LogP contribution >= 0.6 is 0 Å². The van der Waals surface area contributed by atoms with Gasteiger partial charge in [0.2, 0.25) is 0 Å². The minimum Gasteiger partial charge on any atom is -0.387 e. The Morgan fingerprint density at radius 2 is 2.00 bits per heavy atom. The molecule has 0 aliphatic rings. The van der Waals surface area contributed by atoms with Crippen LogP contribution in [-0.4, -0.2) is 35.1 Å². The van der Waals surface area contributed by atoms with E-state index in [0.29, 0.717) is 18.1 Å². The van der Waals surface area contributed by atoms with Crippen molar-refractivity contribution in [2.45, 2.75) is 19.6 Å². The first-order chi connectivity index (χ1) is 9.74. The van der Waals surface area contributed by atoms with Crippen molar-refractivity contribution >= 4 is 0 Å². The topological polar surface area (TPSA) is 81.6 Å². The highest BCUT2D eigenvalue weighted by Gasteiger charge is 2.10. The van der Waals surface area contributed by atoms with E-state index in [0.717, 1.165) is 5.69 Å². The van der Waals surface area contributed by atoms with Crippen molar-refractivity contribution in [2.75, 3.05) is 0 Å². The lowest BCUT2D eigenvalue weighted by atomic mass is 10.3. The second kappa shape index (κ2) is 5.22. The summed E-state index contributed by atoms with van der Waals surface area (Å²) in [5.74, 6) is 0.677. The van der Waals surface area contributed by atoms with Crippen molar-refractivity contribution in [2.24, 2.45) is 0 Å². The molecule has 1 unspecified atom stereocenters. The fourth-order valence-electron chi connectivity index (χ4n) is 1.91. The summed E-state index contributed by atoms with van der Waals surface area (Å²) >= 11 is 0. The van der Waals surface area contributed by atoms with Gasteiger partial charge in [0.15, 0.2) is 5.82 Å². The van der Waals surface area contributed by atoms with Crippen molar-refractivity contribution in [1.29, 1.82) is 0 Å². The van der Waals surface area contributed by atoms with E-state index in [1.54, 1.807) is 28.6 Å². The quantitative estimate of drug-likeness (QED) is 0.763. The summed E-state index contributed by atoms with van der Waals surface area (Å²) in [6, 6.07) is 11.5. The Bertz CT molecular complexity index is 688. The normalized spacial score (nSPS) is 12.5. The fourth-order valence-corrected chi connectivity index (χ4v) is 1.91. The first-order valence-corrected chi connectivity index (χ1v) is 6.28. The van der Waals surface area contributed by atoms with Crippen molar-refractivity contribution in [3.05, 3.63) is 54.1 Å². The SMILES string of the molecule is CC(O)c1ccn(Cc2nnnn2-c2ccccc2)n1. The molecule has 0 saturated heterocycles. The molecule has 20 heavy (non-hydrogen) atoms. The standard InChI is InChI=1S/C13H14N6O/c1-10(20)12-7-8-18(15-12)9-13-14-16-17-19(13)11-5-3-2-4-6-11/h2-8,10,20H,9H2,1H3. The molecule has 1 atom stereocenters. The molecule has 1 N–H and O–H groups in total. The van der Waals surface area contributed by atoms with E-state index in [1.807, 2.05) is 30.3 Å². The van der Waals surface area contributed by atoms with Crippen LogP contribution in [0.3, 0.4) is 0 Å². The monoisotopic (exact) mass is 270 g/mol. The molecule has 102 valence electrons. The molecule has 1 aromatic carbocycles. The Hall–Kier alpha value is -2.54. The third kappa shape index (κ3) is 2.43. The van der Waals surface area contributed by atoms with E-state index in [4.69, 9.17) is 0 Å². The number of rotatable bonds is 4. The largest absolute Gasteiger partial charge is 0.387 e. The summed E-state index contributed by atoms with van der Waals surface area (Å²) in [5, 5.41) is 25.5. The molecule has 3 rings (SSSR count). The van der Waals surface area contributed by atoms with E-state index in [9.17, 15) is 5.11 Å². The second-order valence-corrected chi connectivity index (χ2v) is 4.46. The van der Waals surface area contributed by atoms with Gasteiger partial charge in [-0.05, 0) is 35.5 Å². The zero-order valence-corrected chi connectivity index (χ0v) is 11.0. The maximum absolute atomic E-state index is 9.47. The molecule has 7 heteroatoms. The van der Waals surface area contributed by atoms with Crippen LogP contribution in [0.15, 0.2) is 42.6 Å². The summed E-state index contributed by atoms with van der Waals surface area (Å²) in [6.07, 6.45) is 1.22. The lowest BCUT2D eigenvalue weighted by Gasteiger charge is -2.04. The van der Waals surface area contributed by atoms with Crippen LogP contribution in [0.4, 0.5) is 0 Å². The number of hydrogen-bond acceptors (Lipinski definition) is 5. The van der Waals surface area contributed by atoms with Crippen LogP contribution in [0.25, 0.3) is 5.69 Å². The molecule has 0 aliphatic carbocycles. The highest BCUT2D eigenvalue weighted by molar-refractivity contribution is 5.30.